The maximum atomic E-state index is 13.4. The summed E-state index contributed by atoms with van der Waals surface area (Å²) in [6, 6.07) is 34.0. The smallest absolute Gasteiger partial charge is 0.150 e. The summed E-state index contributed by atoms with van der Waals surface area (Å²) in [5, 5.41) is 0. The van der Waals surface area contributed by atoms with Gasteiger partial charge in [0, 0.05) is 11.8 Å². The number of ether oxygens (including phenoxy) is 2. The van der Waals surface area contributed by atoms with E-state index in [4.69, 9.17) is 32.7 Å². The van der Waals surface area contributed by atoms with Crippen LogP contribution in [0.1, 0.15) is 23.0 Å². The number of hydrogen-bond acceptors (Lipinski definition) is 3. The molecule has 0 aliphatic carbocycles. The van der Waals surface area contributed by atoms with E-state index in [1.54, 1.807) is 0 Å². The third-order valence-electron chi connectivity index (χ3n) is 5.52. The van der Waals surface area contributed by atoms with Crippen LogP contribution in [0.5, 0.6) is 23.0 Å². The van der Waals surface area contributed by atoms with Gasteiger partial charge in [0.2, 0.25) is 0 Å². The van der Waals surface area contributed by atoms with Gasteiger partial charge in [-0.25, -0.2) is 0 Å². The maximum Gasteiger partial charge on any atom is 0.150 e. The van der Waals surface area contributed by atoms with Crippen molar-refractivity contribution in [2.75, 3.05) is 11.8 Å². The second-order valence-electron chi connectivity index (χ2n) is 7.78. The van der Waals surface area contributed by atoms with E-state index in [0.717, 1.165) is 22.6 Å². The number of Topliss-reactive ketones (excluding diaryl/α,β-unsaturated/α-hetero) is 1. The van der Waals surface area contributed by atoms with Crippen LogP contribution in [-0.2, 0) is 4.79 Å². The normalized spacial score (nSPS) is 12.5. The summed E-state index contributed by atoms with van der Waals surface area (Å²) in [4.78, 5) is 13.4. The Morgan fingerprint density at radius 2 is 0.853 bits per heavy atom. The molecule has 2 atom stereocenters. The Labute approximate surface area is 209 Å². The molecule has 4 rings (SSSR count). The molecule has 172 valence electrons. The molecule has 0 saturated heterocycles. The van der Waals surface area contributed by atoms with E-state index in [0.29, 0.717) is 11.5 Å². The summed E-state index contributed by atoms with van der Waals surface area (Å²) < 4.78 is 11.7. The van der Waals surface area contributed by atoms with Gasteiger partial charge in [0.15, 0.2) is 0 Å². The Morgan fingerprint density at radius 1 is 0.529 bits per heavy atom. The number of alkyl halides is 2. The number of benzene rings is 4. The van der Waals surface area contributed by atoms with E-state index < -0.39 is 11.8 Å². The van der Waals surface area contributed by atoms with E-state index in [1.807, 2.05) is 109 Å². The molecule has 0 radical (unpaired) electrons. The zero-order valence-corrected chi connectivity index (χ0v) is 20.0. The van der Waals surface area contributed by atoms with Crippen LogP contribution in [0, 0.1) is 0 Å². The molecule has 0 N–H and O–H groups in total. The number of carbonyl (C=O) groups excluding carboxylic acids is 1. The topological polar surface area (TPSA) is 35.5 Å². The van der Waals surface area contributed by atoms with Gasteiger partial charge in [-0.2, -0.15) is 0 Å². The highest BCUT2D eigenvalue weighted by Crippen LogP contribution is 2.32. The standard InChI is InChI=1S/C29H24Cl2O3/c30-19-27(21-11-15-25(16-12-21)33-23-7-3-1-4-8-23)29(32)28(20-31)22-13-17-26(18-14-22)34-24-9-5-2-6-10-24/h1-18,27-28H,19-20H2. The SMILES string of the molecule is O=C(C(CCl)c1ccc(Oc2ccccc2)cc1)C(CCl)c1ccc(Oc2ccccc2)cc1. The van der Waals surface area contributed by atoms with Crippen molar-refractivity contribution >= 4 is 29.0 Å². The van der Waals surface area contributed by atoms with Crippen LogP contribution in [-0.4, -0.2) is 17.5 Å². The minimum absolute atomic E-state index is 0.0153. The second-order valence-corrected chi connectivity index (χ2v) is 8.40. The fourth-order valence-electron chi connectivity index (χ4n) is 3.69. The molecule has 0 saturated carbocycles. The van der Waals surface area contributed by atoms with E-state index >= 15 is 0 Å². The van der Waals surface area contributed by atoms with Gasteiger partial charge in [-0.05, 0) is 59.7 Å². The Balaban J connectivity index is 1.46. The van der Waals surface area contributed by atoms with E-state index in [2.05, 4.69) is 0 Å². The van der Waals surface area contributed by atoms with Crippen molar-refractivity contribution in [2.24, 2.45) is 0 Å². The van der Waals surface area contributed by atoms with Crippen molar-refractivity contribution in [1.82, 2.24) is 0 Å². The highest BCUT2D eigenvalue weighted by atomic mass is 35.5. The number of hydrogen-bond donors (Lipinski definition) is 0. The monoisotopic (exact) mass is 490 g/mol. The molecule has 4 aromatic rings. The molecule has 0 amide bonds. The molecular formula is C29H24Cl2O3. The zero-order valence-electron chi connectivity index (χ0n) is 18.4. The van der Waals surface area contributed by atoms with E-state index in [1.165, 1.54) is 0 Å². The third kappa shape index (κ3) is 5.99. The molecule has 5 heteroatoms. The summed E-state index contributed by atoms with van der Waals surface area (Å²) in [5.74, 6) is 2.26. The quantitative estimate of drug-likeness (QED) is 0.210. The largest absolute Gasteiger partial charge is 0.457 e. The number of rotatable bonds is 10. The van der Waals surface area contributed by atoms with Crippen molar-refractivity contribution in [1.29, 1.82) is 0 Å². The lowest BCUT2D eigenvalue weighted by atomic mass is 9.85. The first kappa shape index (κ1) is 23.9. The minimum Gasteiger partial charge on any atom is -0.457 e. The van der Waals surface area contributed by atoms with Crippen LogP contribution >= 0.6 is 23.2 Å². The molecular weight excluding hydrogens is 467 g/mol. The Kier molecular flexibility index (Phi) is 8.24. The van der Waals surface area contributed by atoms with Gasteiger partial charge in [0.25, 0.3) is 0 Å². The molecule has 0 aliphatic heterocycles. The predicted octanol–water partition coefficient (Wildman–Crippen LogP) is 8.19. The molecule has 0 fully saturated rings. The van der Waals surface area contributed by atoms with Crippen LogP contribution < -0.4 is 9.47 Å². The molecule has 34 heavy (non-hydrogen) atoms. The number of ketones is 1. The van der Waals surface area contributed by atoms with Crippen LogP contribution in [0.2, 0.25) is 0 Å². The Morgan fingerprint density at radius 3 is 1.18 bits per heavy atom. The van der Waals surface area contributed by atoms with Crippen molar-refractivity contribution in [2.45, 2.75) is 11.8 Å². The van der Waals surface area contributed by atoms with Crippen LogP contribution in [0.25, 0.3) is 0 Å². The first-order valence-electron chi connectivity index (χ1n) is 11.0. The second kappa shape index (κ2) is 11.7. The first-order chi connectivity index (χ1) is 16.7. The van der Waals surface area contributed by atoms with Gasteiger partial charge in [-0.3, -0.25) is 4.79 Å². The van der Waals surface area contributed by atoms with Gasteiger partial charge in [0.1, 0.15) is 28.8 Å². The lowest BCUT2D eigenvalue weighted by Gasteiger charge is -2.21. The predicted molar refractivity (Wildman–Crippen MR) is 138 cm³/mol. The van der Waals surface area contributed by atoms with Gasteiger partial charge >= 0.3 is 0 Å². The molecule has 0 aliphatic rings. The lowest BCUT2D eigenvalue weighted by Crippen LogP contribution is -2.23. The molecule has 0 heterocycles. The fraction of sp³-hybridized carbons (Fsp3) is 0.138. The lowest BCUT2D eigenvalue weighted by molar-refractivity contribution is -0.121. The molecule has 3 nitrogen and oxygen atoms in total. The van der Waals surface area contributed by atoms with E-state index in [9.17, 15) is 4.79 Å². The summed E-state index contributed by atoms with van der Waals surface area (Å²) >= 11 is 12.5. The average molecular weight is 491 g/mol. The average Bonchev–Trinajstić information content (AvgIpc) is 2.88. The van der Waals surface area contributed by atoms with Crippen molar-refractivity contribution in [3.8, 4) is 23.0 Å². The summed E-state index contributed by atoms with van der Waals surface area (Å²) in [7, 11) is 0. The minimum atomic E-state index is -0.476. The number of para-hydroxylation sites is 2. The molecule has 4 aromatic carbocycles. The fourth-order valence-corrected chi connectivity index (χ4v) is 4.35. The highest BCUT2D eigenvalue weighted by Gasteiger charge is 2.28. The summed E-state index contributed by atoms with van der Waals surface area (Å²) in [5.41, 5.74) is 1.67. The Bertz CT molecular complexity index is 1080. The van der Waals surface area contributed by atoms with Gasteiger partial charge in [-0.15, -0.1) is 23.2 Å². The zero-order chi connectivity index (χ0) is 23.8. The van der Waals surface area contributed by atoms with Gasteiger partial charge in [0.05, 0.1) is 11.8 Å². The van der Waals surface area contributed by atoms with Crippen LogP contribution in [0.15, 0.2) is 109 Å². The van der Waals surface area contributed by atoms with E-state index in [-0.39, 0.29) is 17.5 Å². The summed E-state index contributed by atoms with van der Waals surface area (Å²) in [6.45, 7) is 0. The molecule has 2 unspecified atom stereocenters. The third-order valence-corrected chi connectivity index (χ3v) is 6.14. The van der Waals surface area contributed by atoms with Gasteiger partial charge < -0.3 is 9.47 Å². The van der Waals surface area contributed by atoms with Crippen molar-refractivity contribution in [3.05, 3.63) is 120 Å². The molecule has 0 spiro atoms. The van der Waals surface area contributed by atoms with Crippen molar-refractivity contribution < 1.29 is 14.3 Å². The molecule has 0 bridgehead atoms. The van der Waals surface area contributed by atoms with Crippen molar-refractivity contribution in [3.63, 3.8) is 0 Å². The number of halogens is 2. The van der Waals surface area contributed by atoms with Crippen LogP contribution in [0.4, 0.5) is 0 Å². The van der Waals surface area contributed by atoms with Crippen LogP contribution in [0.3, 0.4) is 0 Å². The number of carbonyl (C=O) groups is 1. The summed E-state index contributed by atoms with van der Waals surface area (Å²) in [6.07, 6.45) is 0. The molecule has 0 aromatic heterocycles. The Hall–Kier alpha value is -3.27. The highest BCUT2D eigenvalue weighted by molar-refractivity contribution is 6.22. The first-order valence-corrected chi connectivity index (χ1v) is 12.1. The van der Waals surface area contributed by atoms with Gasteiger partial charge in [-0.1, -0.05) is 60.7 Å². The maximum absolute atomic E-state index is 13.4.